The second kappa shape index (κ2) is 7.00. The highest BCUT2D eigenvalue weighted by Crippen LogP contribution is 2.38. The Morgan fingerprint density at radius 1 is 1.04 bits per heavy atom. The molecule has 2 aromatic heterocycles. The van der Waals surface area contributed by atoms with Gasteiger partial charge in [0.2, 0.25) is 0 Å². The van der Waals surface area contributed by atoms with Gasteiger partial charge in [0.25, 0.3) is 0 Å². The topological polar surface area (TPSA) is 37.8 Å². The maximum absolute atomic E-state index is 4.54. The Hall–Kier alpha value is -1.42. The van der Waals surface area contributed by atoms with Crippen molar-refractivity contribution in [3.63, 3.8) is 0 Å². The standard InChI is InChI=1S/C19H25N3S/c1-2-7-14(8-3-1)9-6-12-20-18-17-15-10-4-5-11-16(15)23-19(17)22-13-21-18/h7,13H,1-6,8-12H2,(H,20,21,22). The Morgan fingerprint density at radius 2 is 1.96 bits per heavy atom. The van der Waals surface area contributed by atoms with E-state index in [-0.39, 0.29) is 0 Å². The molecule has 4 heteroatoms. The summed E-state index contributed by atoms with van der Waals surface area (Å²) in [5.41, 5.74) is 3.19. The summed E-state index contributed by atoms with van der Waals surface area (Å²) in [5.74, 6) is 1.06. The number of allylic oxidation sites excluding steroid dienone is 2. The quantitative estimate of drug-likeness (QED) is 0.601. The minimum atomic E-state index is 1.01. The molecule has 2 heterocycles. The van der Waals surface area contributed by atoms with Gasteiger partial charge in [0.05, 0.1) is 5.39 Å². The zero-order valence-electron chi connectivity index (χ0n) is 13.7. The average molecular weight is 327 g/mol. The largest absolute Gasteiger partial charge is 0.369 e. The van der Waals surface area contributed by atoms with Gasteiger partial charge in [-0.1, -0.05) is 11.6 Å². The molecule has 0 spiro atoms. The van der Waals surface area contributed by atoms with E-state index in [4.69, 9.17) is 0 Å². The van der Waals surface area contributed by atoms with Crippen molar-refractivity contribution in [1.82, 2.24) is 9.97 Å². The van der Waals surface area contributed by atoms with Crippen molar-refractivity contribution in [1.29, 1.82) is 0 Å². The molecule has 23 heavy (non-hydrogen) atoms. The fourth-order valence-electron chi connectivity index (χ4n) is 3.88. The molecule has 1 N–H and O–H groups in total. The molecule has 3 nitrogen and oxygen atoms in total. The molecule has 0 atom stereocenters. The summed E-state index contributed by atoms with van der Waals surface area (Å²) in [4.78, 5) is 11.8. The fraction of sp³-hybridized carbons (Fsp3) is 0.579. The zero-order valence-corrected chi connectivity index (χ0v) is 14.6. The van der Waals surface area contributed by atoms with Crippen LogP contribution in [0, 0.1) is 0 Å². The molecule has 0 unspecified atom stereocenters. The van der Waals surface area contributed by atoms with Crippen LogP contribution in [0.25, 0.3) is 10.2 Å². The normalized spacial score (nSPS) is 17.8. The number of nitrogens with one attached hydrogen (secondary N) is 1. The van der Waals surface area contributed by atoms with Crippen LogP contribution in [0.5, 0.6) is 0 Å². The van der Waals surface area contributed by atoms with Crippen LogP contribution in [-0.4, -0.2) is 16.5 Å². The Labute approximate surface area is 142 Å². The highest BCUT2D eigenvalue weighted by Gasteiger charge is 2.19. The molecule has 0 amide bonds. The number of anilines is 1. The summed E-state index contributed by atoms with van der Waals surface area (Å²) in [6.07, 6.45) is 17.0. The lowest BCUT2D eigenvalue weighted by Gasteiger charge is -2.14. The van der Waals surface area contributed by atoms with E-state index in [9.17, 15) is 0 Å². The lowest BCUT2D eigenvalue weighted by atomic mass is 9.96. The second-order valence-corrected chi connectivity index (χ2v) is 7.84. The van der Waals surface area contributed by atoms with E-state index in [1.54, 1.807) is 16.8 Å². The van der Waals surface area contributed by atoms with Crippen molar-refractivity contribution in [2.45, 2.75) is 64.2 Å². The number of hydrogen-bond acceptors (Lipinski definition) is 4. The predicted octanol–water partition coefficient (Wildman–Crippen LogP) is 5.26. The van der Waals surface area contributed by atoms with E-state index in [2.05, 4.69) is 21.4 Å². The van der Waals surface area contributed by atoms with Crippen LogP contribution in [0.1, 0.15) is 61.8 Å². The van der Waals surface area contributed by atoms with Crippen molar-refractivity contribution in [3.05, 3.63) is 28.4 Å². The monoisotopic (exact) mass is 327 g/mol. The van der Waals surface area contributed by atoms with E-state index >= 15 is 0 Å². The lowest BCUT2D eigenvalue weighted by molar-refractivity contribution is 0.665. The van der Waals surface area contributed by atoms with Gasteiger partial charge in [-0.15, -0.1) is 11.3 Å². The average Bonchev–Trinajstić information content (AvgIpc) is 2.99. The molecule has 4 rings (SSSR count). The molecule has 0 aromatic carbocycles. The first-order valence-corrected chi connectivity index (χ1v) is 9.90. The third-order valence-corrected chi connectivity index (χ3v) is 6.30. The number of hydrogen-bond donors (Lipinski definition) is 1. The van der Waals surface area contributed by atoms with E-state index in [0.717, 1.165) is 12.4 Å². The summed E-state index contributed by atoms with van der Waals surface area (Å²) in [6, 6.07) is 0. The predicted molar refractivity (Wildman–Crippen MR) is 98.3 cm³/mol. The van der Waals surface area contributed by atoms with Crippen LogP contribution in [0.3, 0.4) is 0 Å². The minimum Gasteiger partial charge on any atom is -0.369 e. The first-order valence-electron chi connectivity index (χ1n) is 9.09. The number of thiophene rings is 1. The van der Waals surface area contributed by atoms with Gasteiger partial charge in [0, 0.05) is 11.4 Å². The lowest BCUT2D eigenvalue weighted by Crippen LogP contribution is -2.06. The summed E-state index contributed by atoms with van der Waals surface area (Å²) in [6.45, 7) is 1.01. The van der Waals surface area contributed by atoms with E-state index in [1.165, 1.54) is 80.0 Å². The maximum atomic E-state index is 4.54. The summed E-state index contributed by atoms with van der Waals surface area (Å²) >= 11 is 1.88. The van der Waals surface area contributed by atoms with Gasteiger partial charge in [-0.3, -0.25) is 0 Å². The number of fused-ring (bicyclic) bond motifs is 3. The van der Waals surface area contributed by atoms with E-state index in [0.29, 0.717) is 0 Å². The van der Waals surface area contributed by atoms with Crippen LogP contribution in [-0.2, 0) is 12.8 Å². The van der Waals surface area contributed by atoms with Gasteiger partial charge in [0.1, 0.15) is 17.0 Å². The third-order valence-electron chi connectivity index (χ3n) is 5.10. The number of aromatic nitrogens is 2. The number of rotatable bonds is 5. The Kier molecular flexibility index (Phi) is 4.60. The van der Waals surface area contributed by atoms with E-state index in [1.807, 2.05) is 11.3 Å². The van der Waals surface area contributed by atoms with Gasteiger partial charge in [-0.05, 0) is 69.8 Å². The van der Waals surface area contributed by atoms with Crippen molar-refractivity contribution in [2.24, 2.45) is 0 Å². The van der Waals surface area contributed by atoms with Crippen LogP contribution in [0.15, 0.2) is 18.0 Å². The van der Waals surface area contributed by atoms with Crippen LogP contribution < -0.4 is 5.32 Å². The van der Waals surface area contributed by atoms with Crippen molar-refractivity contribution in [2.75, 3.05) is 11.9 Å². The molecular formula is C19H25N3S. The Morgan fingerprint density at radius 3 is 2.87 bits per heavy atom. The molecule has 0 fully saturated rings. The second-order valence-electron chi connectivity index (χ2n) is 6.75. The molecular weight excluding hydrogens is 302 g/mol. The highest BCUT2D eigenvalue weighted by atomic mass is 32.1. The number of nitrogens with zero attached hydrogens (tertiary/aromatic N) is 2. The Balaban J connectivity index is 1.44. The van der Waals surface area contributed by atoms with E-state index < -0.39 is 0 Å². The number of aryl methyl sites for hydroxylation is 2. The molecule has 122 valence electrons. The molecule has 0 saturated heterocycles. The van der Waals surface area contributed by atoms with Crippen molar-refractivity contribution < 1.29 is 0 Å². The summed E-state index contributed by atoms with van der Waals surface area (Å²) in [5, 5.41) is 4.90. The van der Waals surface area contributed by atoms with Gasteiger partial charge >= 0.3 is 0 Å². The molecule has 2 aliphatic rings. The fourth-order valence-corrected chi connectivity index (χ4v) is 5.11. The minimum absolute atomic E-state index is 1.01. The maximum Gasteiger partial charge on any atom is 0.138 e. The van der Waals surface area contributed by atoms with Crippen molar-refractivity contribution >= 4 is 27.4 Å². The third kappa shape index (κ3) is 3.27. The van der Waals surface area contributed by atoms with Crippen molar-refractivity contribution in [3.8, 4) is 0 Å². The molecule has 0 radical (unpaired) electrons. The zero-order chi connectivity index (χ0) is 15.5. The highest BCUT2D eigenvalue weighted by molar-refractivity contribution is 7.19. The van der Waals surface area contributed by atoms with Gasteiger partial charge in [0.15, 0.2) is 0 Å². The van der Waals surface area contributed by atoms with Crippen LogP contribution in [0.4, 0.5) is 5.82 Å². The van der Waals surface area contributed by atoms with Gasteiger partial charge in [-0.25, -0.2) is 9.97 Å². The smallest absolute Gasteiger partial charge is 0.138 e. The molecule has 2 aliphatic carbocycles. The van der Waals surface area contributed by atoms with Crippen LogP contribution >= 0.6 is 11.3 Å². The van der Waals surface area contributed by atoms with Gasteiger partial charge in [-0.2, -0.15) is 0 Å². The molecule has 0 saturated carbocycles. The van der Waals surface area contributed by atoms with Crippen LogP contribution in [0.2, 0.25) is 0 Å². The summed E-state index contributed by atoms with van der Waals surface area (Å²) in [7, 11) is 0. The SMILES string of the molecule is C1=C(CCCNc2ncnc3sc4c(c23)CCCC4)CCCC1. The van der Waals surface area contributed by atoms with Gasteiger partial charge < -0.3 is 5.32 Å². The molecule has 0 bridgehead atoms. The molecule has 0 aliphatic heterocycles. The molecule has 2 aromatic rings. The summed E-state index contributed by atoms with van der Waals surface area (Å²) < 4.78 is 0. The Bertz CT molecular complexity index is 717. The first kappa shape index (κ1) is 15.1. The first-order chi connectivity index (χ1) is 11.4.